The van der Waals surface area contributed by atoms with E-state index in [0.717, 1.165) is 17.2 Å². The van der Waals surface area contributed by atoms with Crippen LogP contribution in [0.4, 0.5) is 0 Å². The number of carboxylic acid groups (broad SMARTS) is 1. The number of carboxylic acids is 1. The largest absolute Gasteiger partial charge is 0.481 e. The second-order valence-corrected chi connectivity index (χ2v) is 6.84. The summed E-state index contributed by atoms with van der Waals surface area (Å²) in [6.07, 6.45) is 2.73. The zero-order valence-electron chi connectivity index (χ0n) is 7.96. The Kier molecular flexibility index (Phi) is 6.71. The first kappa shape index (κ1) is 12.7. The van der Waals surface area contributed by atoms with Crippen molar-refractivity contribution in [3.63, 3.8) is 0 Å². The molecule has 0 radical (unpaired) electrons. The van der Waals surface area contributed by atoms with Gasteiger partial charge in [-0.2, -0.15) is 0 Å². The van der Waals surface area contributed by atoms with Gasteiger partial charge in [0.25, 0.3) is 0 Å². The van der Waals surface area contributed by atoms with Crippen LogP contribution in [0.5, 0.6) is 0 Å². The third kappa shape index (κ3) is 6.70. The van der Waals surface area contributed by atoms with Gasteiger partial charge in [-0.25, -0.2) is 4.98 Å². The van der Waals surface area contributed by atoms with Crippen LogP contribution >= 0.6 is 31.4 Å². The molecule has 0 unspecified atom stereocenters. The lowest BCUT2D eigenvalue weighted by atomic mass is 10.3. The van der Waals surface area contributed by atoms with Crippen LogP contribution in [-0.4, -0.2) is 21.8 Å². The molecule has 0 aliphatic heterocycles. The minimum absolute atomic E-state index is 0.252. The van der Waals surface area contributed by atoms with E-state index >= 15 is 0 Å². The van der Waals surface area contributed by atoms with Crippen LogP contribution in [0.25, 0.3) is 0 Å². The molecule has 1 rings (SSSR count). The Morgan fingerprint density at radius 3 is 3.00 bits per heavy atom. The predicted molar refractivity (Wildman–Crippen MR) is 67.0 cm³/mol. The first-order chi connectivity index (χ1) is 7.29. The Bertz CT molecular complexity index is 295. The zero-order chi connectivity index (χ0) is 10.9. The number of hydrogen-bond donors (Lipinski definition) is 1. The fourth-order valence-electron chi connectivity index (χ4n) is 0.772. The lowest BCUT2D eigenvalue weighted by Crippen LogP contribution is -1.93. The molecule has 0 saturated heterocycles. The maximum Gasteiger partial charge on any atom is 0.303 e. The van der Waals surface area contributed by atoms with E-state index in [2.05, 4.69) is 4.98 Å². The number of rotatable bonds is 7. The summed E-state index contributed by atoms with van der Waals surface area (Å²) in [5, 5.41) is 9.40. The molecule has 0 bridgehead atoms. The zero-order valence-corrected chi connectivity index (χ0v) is 10.4. The molecule has 0 aliphatic carbocycles. The molecule has 0 fully saturated rings. The van der Waals surface area contributed by atoms with Gasteiger partial charge in [-0.3, -0.25) is 4.79 Å². The van der Waals surface area contributed by atoms with Crippen LogP contribution in [0.1, 0.15) is 12.8 Å². The van der Waals surface area contributed by atoms with E-state index in [9.17, 15) is 4.79 Å². The summed E-state index contributed by atoms with van der Waals surface area (Å²) < 4.78 is 0. The van der Waals surface area contributed by atoms with Crippen LogP contribution in [-0.2, 0) is 4.79 Å². The van der Waals surface area contributed by atoms with E-state index in [1.54, 1.807) is 37.6 Å². The molecule has 1 aromatic heterocycles. The van der Waals surface area contributed by atoms with Crippen molar-refractivity contribution in [2.75, 3.05) is 5.75 Å². The van der Waals surface area contributed by atoms with Gasteiger partial charge in [-0.05, 0) is 39.2 Å². The van der Waals surface area contributed by atoms with Gasteiger partial charge in [-0.15, -0.1) is 0 Å². The van der Waals surface area contributed by atoms with E-state index in [1.807, 2.05) is 18.2 Å². The van der Waals surface area contributed by atoms with Crippen molar-refractivity contribution in [1.29, 1.82) is 0 Å². The van der Waals surface area contributed by atoms with Crippen molar-refractivity contribution >= 4 is 37.4 Å². The number of nitrogens with zero attached hydrogens (tertiary/aromatic N) is 1. The van der Waals surface area contributed by atoms with Gasteiger partial charge in [0.15, 0.2) is 0 Å². The molecule has 15 heavy (non-hydrogen) atoms. The molecule has 1 heterocycles. The highest BCUT2D eigenvalue weighted by Crippen LogP contribution is 2.39. The molecule has 6 heteroatoms. The molecule has 1 N–H and O–H groups in total. The molecule has 0 aliphatic rings. The van der Waals surface area contributed by atoms with Gasteiger partial charge in [0.1, 0.15) is 5.03 Å². The van der Waals surface area contributed by atoms with Gasteiger partial charge in [-0.1, -0.05) is 16.9 Å². The Morgan fingerprint density at radius 2 is 2.33 bits per heavy atom. The van der Waals surface area contributed by atoms with Crippen LogP contribution in [0.2, 0.25) is 0 Å². The molecule has 0 atom stereocenters. The third-order valence-electron chi connectivity index (χ3n) is 1.42. The maximum atomic E-state index is 10.2. The fraction of sp³-hybridized carbons (Fsp3) is 0.333. The second kappa shape index (κ2) is 7.90. The average molecular weight is 261 g/mol. The highest BCUT2D eigenvalue weighted by atomic mass is 33.5. The standard InChI is InChI=1S/C9H11NO2S3/c11-9(12)5-3-7-13-15-14-8-4-1-2-6-10-8/h1-2,4,6H,3,5,7H2,(H,11,12). The Morgan fingerprint density at radius 1 is 1.47 bits per heavy atom. The minimum atomic E-state index is -0.724. The smallest absolute Gasteiger partial charge is 0.303 e. The number of pyridine rings is 1. The van der Waals surface area contributed by atoms with Gasteiger partial charge >= 0.3 is 5.97 Å². The number of hydrogen-bond acceptors (Lipinski definition) is 5. The molecule has 3 nitrogen and oxygen atoms in total. The molecule has 82 valence electrons. The minimum Gasteiger partial charge on any atom is -0.481 e. The summed E-state index contributed by atoms with van der Waals surface area (Å²) in [5.41, 5.74) is 0. The highest BCUT2D eigenvalue weighted by molar-refractivity contribution is 9.09. The van der Waals surface area contributed by atoms with Crippen LogP contribution in [0.3, 0.4) is 0 Å². The van der Waals surface area contributed by atoms with Crippen molar-refractivity contribution in [3.8, 4) is 0 Å². The van der Waals surface area contributed by atoms with Gasteiger partial charge in [0, 0.05) is 18.4 Å². The number of carbonyl (C=O) groups is 1. The van der Waals surface area contributed by atoms with Crippen LogP contribution in [0, 0.1) is 0 Å². The van der Waals surface area contributed by atoms with Gasteiger partial charge in [0.05, 0.1) is 0 Å². The van der Waals surface area contributed by atoms with E-state index in [-0.39, 0.29) is 6.42 Å². The predicted octanol–water partition coefficient (Wildman–Crippen LogP) is 3.33. The molecular formula is C9H11NO2S3. The highest BCUT2D eigenvalue weighted by Gasteiger charge is 1.98. The molecular weight excluding hydrogens is 250 g/mol. The number of aliphatic carboxylic acids is 1. The summed E-state index contributed by atoms with van der Waals surface area (Å²) in [4.78, 5) is 14.4. The van der Waals surface area contributed by atoms with Crippen molar-refractivity contribution < 1.29 is 9.90 Å². The summed E-state index contributed by atoms with van der Waals surface area (Å²) in [7, 11) is 4.90. The first-order valence-corrected chi connectivity index (χ1v) is 8.03. The van der Waals surface area contributed by atoms with E-state index in [4.69, 9.17) is 5.11 Å². The summed E-state index contributed by atoms with van der Waals surface area (Å²) in [6.45, 7) is 0. The average Bonchev–Trinajstić information content (AvgIpc) is 2.24. The topological polar surface area (TPSA) is 50.2 Å². The molecule has 0 aromatic carbocycles. The molecule has 0 saturated carbocycles. The van der Waals surface area contributed by atoms with E-state index < -0.39 is 5.97 Å². The summed E-state index contributed by atoms with van der Waals surface area (Å²) >= 11 is 0. The Balaban J connectivity index is 2.00. The fourth-order valence-corrected chi connectivity index (χ4v) is 4.34. The molecule has 0 spiro atoms. The van der Waals surface area contributed by atoms with Crippen molar-refractivity contribution in [1.82, 2.24) is 4.98 Å². The van der Waals surface area contributed by atoms with E-state index in [1.165, 1.54) is 0 Å². The lowest BCUT2D eigenvalue weighted by molar-refractivity contribution is -0.137. The van der Waals surface area contributed by atoms with Gasteiger partial charge in [0.2, 0.25) is 0 Å². The van der Waals surface area contributed by atoms with Crippen LogP contribution in [0.15, 0.2) is 29.4 Å². The second-order valence-electron chi connectivity index (χ2n) is 2.64. The maximum absolute atomic E-state index is 10.2. The monoisotopic (exact) mass is 261 g/mol. The van der Waals surface area contributed by atoms with Gasteiger partial charge < -0.3 is 5.11 Å². The third-order valence-corrected chi connectivity index (χ3v) is 5.44. The van der Waals surface area contributed by atoms with Crippen LogP contribution < -0.4 is 0 Å². The van der Waals surface area contributed by atoms with Crippen molar-refractivity contribution in [3.05, 3.63) is 24.4 Å². The van der Waals surface area contributed by atoms with E-state index in [0.29, 0.717) is 0 Å². The summed E-state index contributed by atoms with van der Waals surface area (Å²) in [6, 6.07) is 5.79. The van der Waals surface area contributed by atoms with Crippen molar-refractivity contribution in [2.24, 2.45) is 0 Å². The normalized spacial score (nSPS) is 10.1. The van der Waals surface area contributed by atoms with Crippen molar-refractivity contribution in [2.45, 2.75) is 17.9 Å². The number of aromatic nitrogens is 1. The lowest BCUT2D eigenvalue weighted by Gasteiger charge is -1.98. The Hall–Kier alpha value is -0.330. The first-order valence-electron chi connectivity index (χ1n) is 4.38. The summed E-state index contributed by atoms with van der Waals surface area (Å²) in [5.74, 6) is 0.134. The quantitative estimate of drug-likeness (QED) is 0.600. The SMILES string of the molecule is O=C(O)CCCSSSc1ccccn1. The molecule has 0 amide bonds. The Labute approximate surface area is 100 Å². The molecule has 1 aromatic rings.